The van der Waals surface area contributed by atoms with E-state index in [0.29, 0.717) is 11.8 Å². The Morgan fingerprint density at radius 1 is 1.33 bits per heavy atom. The van der Waals surface area contributed by atoms with Gasteiger partial charge in [-0.05, 0) is 32.9 Å². The first-order valence-electron chi connectivity index (χ1n) is 6.99. The summed E-state index contributed by atoms with van der Waals surface area (Å²) in [5.74, 6) is 2.99. The summed E-state index contributed by atoms with van der Waals surface area (Å²) in [6, 6.07) is 0. The molecule has 0 radical (unpaired) electrons. The van der Waals surface area contributed by atoms with E-state index in [1.165, 1.54) is 19.4 Å². The molecule has 0 bridgehead atoms. The second kappa shape index (κ2) is 4.97. The molecule has 1 N–H and O–H groups in total. The second-order valence-corrected chi connectivity index (χ2v) is 5.76. The Morgan fingerprint density at radius 2 is 2.22 bits per heavy atom. The van der Waals surface area contributed by atoms with E-state index in [1.54, 1.807) is 0 Å². The molecule has 1 saturated heterocycles. The van der Waals surface area contributed by atoms with E-state index in [-0.39, 0.29) is 6.61 Å². The SMILES string of the molecule is CN1CCCC(c2nc3n(n2)CC(CO)CC3)C1. The van der Waals surface area contributed by atoms with Crippen LogP contribution in [0.15, 0.2) is 0 Å². The van der Waals surface area contributed by atoms with E-state index in [0.717, 1.165) is 37.6 Å². The first kappa shape index (κ1) is 12.1. The van der Waals surface area contributed by atoms with Crippen molar-refractivity contribution in [3.8, 4) is 0 Å². The van der Waals surface area contributed by atoms with E-state index in [4.69, 9.17) is 4.98 Å². The fourth-order valence-electron chi connectivity index (χ4n) is 3.09. The maximum Gasteiger partial charge on any atom is 0.155 e. The van der Waals surface area contributed by atoms with Gasteiger partial charge in [-0.3, -0.25) is 0 Å². The highest BCUT2D eigenvalue weighted by molar-refractivity contribution is 5.03. The Kier molecular flexibility index (Phi) is 3.35. The molecule has 0 saturated carbocycles. The molecule has 100 valence electrons. The summed E-state index contributed by atoms with van der Waals surface area (Å²) in [6.45, 7) is 3.37. The summed E-state index contributed by atoms with van der Waals surface area (Å²) >= 11 is 0. The molecular formula is C13H22N4O. The van der Waals surface area contributed by atoms with Gasteiger partial charge in [0.15, 0.2) is 5.82 Å². The lowest BCUT2D eigenvalue weighted by atomic mass is 9.98. The zero-order chi connectivity index (χ0) is 12.5. The molecule has 2 aliphatic rings. The van der Waals surface area contributed by atoms with Gasteiger partial charge >= 0.3 is 0 Å². The van der Waals surface area contributed by atoms with Crippen LogP contribution in [0.3, 0.4) is 0 Å². The van der Waals surface area contributed by atoms with Crippen LogP contribution < -0.4 is 0 Å². The van der Waals surface area contributed by atoms with Crippen LogP contribution in [0.1, 0.15) is 36.8 Å². The number of aliphatic hydroxyl groups excluding tert-OH is 1. The molecule has 5 nitrogen and oxygen atoms in total. The van der Waals surface area contributed by atoms with Crippen molar-refractivity contribution < 1.29 is 5.11 Å². The summed E-state index contributed by atoms with van der Waals surface area (Å²) in [6.07, 6.45) is 4.45. The molecule has 0 aliphatic carbocycles. The first-order chi connectivity index (χ1) is 8.76. The van der Waals surface area contributed by atoms with Gasteiger partial charge in [-0.2, -0.15) is 5.10 Å². The highest BCUT2D eigenvalue weighted by Crippen LogP contribution is 2.26. The third kappa shape index (κ3) is 2.29. The molecule has 1 aromatic heterocycles. The minimum atomic E-state index is 0.265. The molecule has 2 atom stereocenters. The standard InChI is InChI=1S/C13H22N4O/c1-16-6-2-3-11(8-16)13-14-12-5-4-10(9-18)7-17(12)15-13/h10-11,18H,2-9H2,1H3. The van der Waals surface area contributed by atoms with Crippen molar-refractivity contribution in [2.45, 2.75) is 38.1 Å². The van der Waals surface area contributed by atoms with Gasteiger partial charge in [-0.25, -0.2) is 9.67 Å². The van der Waals surface area contributed by atoms with Gasteiger partial charge in [0, 0.05) is 38.0 Å². The summed E-state index contributed by atoms with van der Waals surface area (Å²) in [7, 11) is 2.17. The number of aromatic nitrogens is 3. The third-order valence-electron chi connectivity index (χ3n) is 4.22. The van der Waals surface area contributed by atoms with Crippen molar-refractivity contribution in [3.63, 3.8) is 0 Å². The van der Waals surface area contributed by atoms with Crippen LogP contribution in [0.2, 0.25) is 0 Å². The number of fused-ring (bicyclic) bond motifs is 1. The van der Waals surface area contributed by atoms with Crippen molar-refractivity contribution in [2.75, 3.05) is 26.7 Å². The zero-order valence-electron chi connectivity index (χ0n) is 11.0. The maximum absolute atomic E-state index is 9.24. The lowest BCUT2D eigenvalue weighted by Crippen LogP contribution is -2.31. The topological polar surface area (TPSA) is 54.2 Å². The second-order valence-electron chi connectivity index (χ2n) is 5.76. The van der Waals surface area contributed by atoms with Gasteiger partial charge in [0.2, 0.25) is 0 Å². The van der Waals surface area contributed by atoms with Crippen molar-refractivity contribution in [1.29, 1.82) is 0 Å². The number of likely N-dealkylation sites (tertiary alicyclic amines) is 1. The molecule has 18 heavy (non-hydrogen) atoms. The van der Waals surface area contributed by atoms with Crippen LogP contribution in [0.5, 0.6) is 0 Å². The average Bonchev–Trinajstić information content (AvgIpc) is 2.81. The van der Waals surface area contributed by atoms with E-state index in [1.807, 2.05) is 4.68 Å². The predicted octanol–water partition coefficient (Wildman–Crippen LogP) is 0.642. The quantitative estimate of drug-likeness (QED) is 0.837. The molecular weight excluding hydrogens is 228 g/mol. The lowest BCUT2D eigenvalue weighted by Gasteiger charge is -2.27. The number of nitrogens with zero attached hydrogens (tertiary/aromatic N) is 4. The van der Waals surface area contributed by atoms with E-state index < -0.39 is 0 Å². The van der Waals surface area contributed by atoms with E-state index in [2.05, 4.69) is 17.0 Å². The van der Waals surface area contributed by atoms with Crippen molar-refractivity contribution >= 4 is 0 Å². The van der Waals surface area contributed by atoms with Crippen molar-refractivity contribution in [2.24, 2.45) is 5.92 Å². The molecule has 2 unspecified atom stereocenters. The number of likely N-dealkylation sites (N-methyl/N-ethyl adjacent to an activating group) is 1. The molecule has 5 heteroatoms. The van der Waals surface area contributed by atoms with E-state index >= 15 is 0 Å². The van der Waals surface area contributed by atoms with Crippen molar-refractivity contribution in [3.05, 3.63) is 11.6 Å². The Balaban J connectivity index is 1.76. The van der Waals surface area contributed by atoms with Gasteiger partial charge < -0.3 is 10.0 Å². The number of piperidine rings is 1. The van der Waals surface area contributed by atoms with E-state index in [9.17, 15) is 5.11 Å². The van der Waals surface area contributed by atoms with Gasteiger partial charge in [0.1, 0.15) is 5.82 Å². The Morgan fingerprint density at radius 3 is 3.00 bits per heavy atom. The molecule has 1 aromatic rings. The van der Waals surface area contributed by atoms with Crippen LogP contribution in [-0.4, -0.2) is 51.5 Å². The smallest absolute Gasteiger partial charge is 0.155 e. The molecule has 0 spiro atoms. The fourth-order valence-corrected chi connectivity index (χ4v) is 3.09. The average molecular weight is 250 g/mol. The third-order valence-corrected chi connectivity index (χ3v) is 4.22. The Labute approximate surface area is 108 Å². The minimum absolute atomic E-state index is 0.265. The van der Waals surface area contributed by atoms with Crippen molar-refractivity contribution in [1.82, 2.24) is 19.7 Å². The Bertz CT molecular complexity index is 417. The van der Waals surface area contributed by atoms with Gasteiger partial charge in [-0.15, -0.1) is 0 Å². The number of rotatable bonds is 2. The molecule has 0 amide bonds. The van der Waals surface area contributed by atoms with Gasteiger partial charge in [0.05, 0.1) is 0 Å². The van der Waals surface area contributed by atoms with Gasteiger partial charge in [-0.1, -0.05) is 0 Å². The predicted molar refractivity (Wildman–Crippen MR) is 68.4 cm³/mol. The molecule has 1 fully saturated rings. The summed E-state index contributed by atoms with van der Waals surface area (Å²) in [4.78, 5) is 7.09. The summed E-state index contributed by atoms with van der Waals surface area (Å²) in [5.41, 5.74) is 0. The molecule has 3 rings (SSSR count). The first-order valence-corrected chi connectivity index (χ1v) is 6.99. The fraction of sp³-hybridized carbons (Fsp3) is 0.846. The molecule has 0 aromatic carbocycles. The Hall–Kier alpha value is -0.940. The zero-order valence-corrected chi connectivity index (χ0v) is 11.0. The highest BCUT2D eigenvalue weighted by Gasteiger charge is 2.26. The van der Waals surface area contributed by atoms with Crippen LogP contribution in [-0.2, 0) is 13.0 Å². The number of hydrogen-bond donors (Lipinski definition) is 1. The highest BCUT2D eigenvalue weighted by atomic mass is 16.3. The maximum atomic E-state index is 9.24. The van der Waals surface area contributed by atoms with Crippen LogP contribution in [0.4, 0.5) is 0 Å². The van der Waals surface area contributed by atoms with Crippen LogP contribution in [0, 0.1) is 5.92 Å². The summed E-state index contributed by atoms with van der Waals surface area (Å²) in [5, 5.41) is 13.9. The lowest BCUT2D eigenvalue weighted by molar-refractivity contribution is 0.185. The minimum Gasteiger partial charge on any atom is -0.396 e. The number of hydrogen-bond acceptors (Lipinski definition) is 4. The van der Waals surface area contributed by atoms with Gasteiger partial charge in [0.25, 0.3) is 0 Å². The monoisotopic (exact) mass is 250 g/mol. The summed E-state index contributed by atoms with van der Waals surface area (Å²) < 4.78 is 2.02. The number of aliphatic hydroxyl groups is 1. The van der Waals surface area contributed by atoms with Crippen LogP contribution in [0.25, 0.3) is 0 Å². The normalized spacial score (nSPS) is 29.2. The van der Waals surface area contributed by atoms with Crippen LogP contribution >= 0.6 is 0 Å². The number of aryl methyl sites for hydroxylation is 1. The molecule has 2 aliphatic heterocycles. The largest absolute Gasteiger partial charge is 0.396 e. The molecule has 3 heterocycles.